The average molecular weight is 328 g/mol. The first-order valence-corrected chi connectivity index (χ1v) is 8.07. The molecule has 3 rings (SSSR count). The number of ether oxygens (including phenoxy) is 1. The van der Waals surface area contributed by atoms with Gasteiger partial charge in [0.2, 0.25) is 5.91 Å². The van der Waals surface area contributed by atoms with Gasteiger partial charge in [0.15, 0.2) is 5.76 Å². The predicted octanol–water partition coefficient (Wildman–Crippen LogP) is 2.74. The molecule has 0 spiro atoms. The van der Waals surface area contributed by atoms with Crippen LogP contribution >= 0.6 is 0 Å². The molecule has 0 aliphatic carbocycles. The largest absolute Gasteiger partial charge is 0.465 e. The summed E-state index contributed by atoms with van der Waals surface area (Å²) in [5.74, 6) is 0.429. The van der Waals surface area contributed by atoms with E-state index < -0.39 is 0 Å². The minimum absolute atomic E-state index is 0.166. The van der Waals surface area contributed by atoms with E-state index in [9.17, 15) is 9.59 Å². The molecule has 24 heavy (non-hydrogen) atoms. The Labute approximate surface area is 140 Å². The number of nitrogens with one attached hydrogen (secondary N) is 1. The summed E-state index contributed by atoms with van der Waals surface area (Å²) in [6.45, 7) is 3.50. The van der Waals surface area contributed by atoms with Gasteiger partial charge in [0, 0.05) is 31.3 Å². The van der Waals surface area contributed by atoms with E-state index in [4.69, 9.17) is 9.15 Å². The number of benzene rings is 1. The van der Waals surface area contributed by atoms with Gasteiger partial charge in [-0.05, 0) is 37.1 Å². The van der Waals surface area contributed by atoms with Crippen molar-refractivity contribution in [3.8, 4) is 5.95 Å². The van der Waals surface area contributed by atoms with Crippen molar-refractivity contribution in [2.24, 2.45) is 0 Å². The number of hydrogen-bond acceptors (Lipinski definition) is 4. The molecule has 126 valence electrons. The summed E-state index contributed by atoms with van der Waals surface area (Å²) in [4.78, 5) is 25.6. The molecule has 0 saturated carbocycles. The van der Waals surface area contributed by atoms with Crippen molar-refractivity contribution in [2.75, 3.05) is 18.1 Å². The molecule has 1 fully saturated rings. The van der Waals surface area contributed by atoms with Crippen LogP contribution < -0.4 is 15.0 Å². The Kier molecular flexibility index (Phi) is 4.84. The van der Waals surface area contributed by atoms with Crippen molar-refractivity contribution in [1.29, 1.82) is 0 Å². The smallest absolute Gasteiger partial charge is 0.287 e. The summed E-state index contributed by atoms with van der Waals surface area (Å²) < 4.78 is 10.5. The van der Waals surface area contributed by atoms with Crippen molar-refractivity contribution in [2.45, 2.75) is 26.3 Å². The van der Waals surface area contributed by atoms with Crippen LogP contribution in [0.25, 0.3) is 0 Å². The van der Waals surface area contributed by atoms with Gasteiger partial charge >= 0.3 is 0 Å². The molecular formula is C18H20N2O4. The highest BCUT2D eigenvalue weighted by Crippen LogP contribution is 2.21. The fourth-order valence-corrected chi connectivity index (χ4v) is 2.65. The maximum Gasteiger partial charge on any atom is 0.287 e. The maximum absolute atomic E-state index is 12.0. The van der Waals surface area contributed by atoms with E-state index in [1.54, 1.807) is 17.0 Å². The van der Waals surface area contributed by atoms with E-state index in [-0.39, 0.29) is 17.6 Å². The Morgan fingerprint density at radius 1 is 1.25 bits per heavy atom. The van der Waals surface area contributed by atoms with Gasteiger partial charge in [0.05, 0.1) is 6.61 Å². The van der Waals surface area contributed by atoms with Crippen molar-refractivity contribution >= 4 is 17.5 Å². The minimum atomic E-state index is -0.292. The molecule has 1 aromatic carbocycles. The van der Waals surface area contributed by atoms with E-state index in [1.807, 2.05) is 31.2 Å². The van der Waals surface area contributed by atoms with Crippen LogP contribution in [0, 0.1) is 0 Å². The van der Waals surface area contributed by atoms with Crippen LogP contribution in [-0.2, 0) is 11.3 Å². The Morgan fingerprint density at radius 2 is 2.04 bits per heavy atom. The number of carbonyl (C=O) groups is 2. The van der Waals surface area contributed by atoms with Crippen molar-refractivity contribution in [3.63, 3.8) is 0 Å². The molecule has 1 aliphatic heterocycles. The van der Waals surface area contributed by atoms with Gasteiger partial charge in [-0.1, -0.05) is 12.1 Å². The number of nitrogens with zero attached hydrogens (tertiary/aromatic N) is 1. The Morgan fingerprint density at radius 3 is 2.71 bits per heavy atom. The van der Waals surface area contributed by atoms with Gasteiger partial charge in [0.1, 0.15) is 0 Å². The molecule has 2 aromatic rings. The van der Waals surface area contributed by atoms with Crippen LogP contribution in [0.5, 0.6) is 5.95 Å². The van der Waals surface area contributed by atoms with Gasteiger partial charge in [-0.15, -0.1) is 0 Å². The highest BCUT2D eigenvalue weighted by molar-refractivity contribution is 5.95. The molecule has 1 N–H and O–H groups in total. The normalized spacial score (nSPS) is 14.0. The fraction of sp³-hybridized carbons (Fsp3) is 0.333. The van der Waals surface area contributed by atoms with Crippen molar-refractivity contribution in [3.05, 3.63) is 47.7 Å². The van der Waals surface area contributed by atoms with E-state index in [0.717, 1.165) is 24.2 Å². The number of furan rings is 1. The van der Waals surface area contributed by atoms with E-state index in [0.29, 0.717) is 25.5 Å². The summed E-state index contributed by atoms with van der Waals surface area (Å²) in [7, 11) is 0. The second-order valence-corrected chi connectivity index (χ2v) is 5.55. The molecule has 1 aromatic heterocycles. The molecule has 1 aliphatic rings. The second kappa shape index (κ2) is 7.21. The Hall–Kier alpha value is -2.76. The molecule has 0 unspecified atom stereocenters. The quantitative estimate of drug-likeness (QED) is 0.885. The zero-order valence-corrected chi connectivity index (χ0v) is 13.6. The van der Waals surface area contributed by atoms with Gasteiger partial charge in [-0.3, -0.25) is 9.59 Å². The maximum atomic E-state index is 12.0. The van der Waals surface area contributed by atoms with Crippen molar-refractivity contribution < 1.29 is 18.7 Å². The standard InChI is InChI=1S/C18H20N2O4/c1-2-23-17-10-9-15(24-17)18(22)19-12-13-5-7-14(8-6-13)20-11-3-4-16(20)21/h5-10H,2-4,11-12H2,1H3,(H,19,22). The number of hydrogen-bond donors (Lipinski definition) is 1. The fourth-order valence-electron chi connectivity index (χ4n) is 2.65. The molecule has 0 radical (unpaired) electrons. The lowest BCUT2D eigenvalue weighted by atomic mass is 10.2. The topological polar surface area (TPSA) is 71.8 Å². The average Bonchev–Trinajstić information content (AvgIpc) is 3.23. The number of rotatable bonds is 6. The number of anilines is 1. The summed E-state index contributed by atoms with van der Waals surface area (Å²) in [6.07, 6.45) is 1.52. The predicted molar refractivity (Wildman–Crippen MR) is 89.1 cm³/mol. The summed E-state index contributed by atoms with van der Waals surface area (Å²) in [5.41, 5.74) is 1.86. The summed E-state index contributed by atoms with van der Waals surface area (Å²) in [5, 5.41) is 2.80. The lowest BCUT2D eigenvalue weighted by Crippen LogP contribution is -2.24. The van der Waals surface area contributed by atoms with E-state index in [1.165, 1.54) is 0 Å². The van der Waals surface area contributed by atoms with Gasteiger partial charge < -0.3 is 19.4 Å². The molecule has 0 bridgehead atoms. The Bertz CT molecular complexity index is 721. The molecular weight excluding hydrogens is 308 g/mol. The van der Waals surface area contributed by atoms with E-state index in [2.05, 4.69) is 5.32 Å². The monoisotopic (exact) mass is 328 g/mol. The van der Waals surface area contributed by atoms with E-state index >= 15 is 0 Å². The zero-order valence-electron chi connectivity index (χ0n) is 13.6. The number of amides is 2. The second-order valence-electron chi connectivity index (χ2n) is 5.55. The molecule has 6 heteroatoms. The molecule has 0 atom stereocenters. The summed E-state index contributed by atoms with van der Waals surface area (Å²) in [6, 6.07) is 10.8. The van der Waals surface area contributed by atoms with Crippen LogP contribution in [0.2, 0.25) is 0 Å². The zero-order chi connectivity index (χ0) is 16.9. The SMILES string of the molecule is CCOc1ccc(C(=O)NCc2ccc(N3CCCC3=O)cc2)o1. The lowest BCUT2D eigenvalue weighted by molar-refractivity contribution is -0.117. The highest BCUT2D eigenvalue weighted by atomic mass is 16.6. The van der Waals surface area contributed by atoms with Gasteiger partial charge in [-0.2, -0.15) is 0 Å². The first kappa shape index (κ1) is 16.1. The summed E-state index contributed by atoms with van der Waals surface area (Å²) >= 11 is 0. The lowest BCUT2D eigenvalue weighted by Gasteiger charge is -2.16. The van der Waals surface area contributed by atoms with Gasteiger partial charge in [0.25, 0.3) is 11.9 Å². The minimum Gasteiger partial charge on any atom is -0.465 e. The van der Waals surface area contributed by atoms with Crippen LogP contribution in [0.1, 0.15) is 35.9 Å². The molecule has 1 saturated heterocycles. The van der Waals surface area contributed by atoms with Crippen LogP contribution in [0.4, 0.5) is 5.69 Å². The molecule has 6 nitrogen and oxygen atoms in total. The first-order valence-electron chi connectivity index (χ1n) is 8.07. The molecule has 2 heterocycles. The molecule has 2 amide bonds. The third-order valence-electron chi connectivity index (χ3n) is 3.87. The third-order valence-corrected chi connectivity index (χ3v) is 3.87. The van der Waals surface area contributed by atoms with Crippen LogP contribution in [0.3, 0.4) is 0 Å². The van der Waals surface area contributed by atoms with Crippen LogP contribution in [-0.4, -0.2) is 25.0 Å². The number of carbonyl (C=O) groups excluding carboxylic acids is 2. The Balaban J connectivity index is 1.56. The first-order chi connectivity index (χ1) is 11.7. The van der Waals surface area contributed by atoms with Crippen molar-refractivity contribution in [1.82, 2.24) is 5.32 Å². The van der Waals surface area contributed by atoms with Gasteiger partial charge in [-0.25, -0.2) is 0 Å². The van der Waals surface area contributed by atoms with Crippen LogP contribution in [0.15, 0.2) is 40.8 Å². The third kappa shape index (κ3) is 3.59. The highest BCUT2D eigenvalue weighted by Gasteiger charge is 2.21.